The molecule has 0 aromatic heterocycles. The van der Waals surface area contributed by atoms with Gasteiger partial charge in [0.1, 0.15) is 0 Å². The van der Waals surface area contributed by atoms with Crippen LogP contribution in [0.2, 0.25) is 0 Å². The fourth-order valence-electron chi connectivity index (χ4n) is 1.32. The highest BCUT2D eigenvalue weighted by Crippen LogP contribution is 2.01. The lowest BCUT2D eigenvalue weighted by Crippen LogP contribution is -2.07. The van der Waals surface area contributed by atoms with E-state index in [0.717, 1.165) is 51.3 Å². The lowest BCUT2D eigenvalue weighted by Gasteiger charge is -2.05. The summed E-state index contributed by atoms with van der Waals surface area (Å²) in [6.45, 7) is 3.80. The maximum atomic E-state index is 5.58. The summed E-state index contributed by atoms with van der Waals surface area (Å²) < 4.78 is 10.8. The molecule has 0 fully saturated rings. The molecular formula is C12H26ClNO2. The average Bonchev–Trinajstić information content (AvgIpc) is 2.31. The third-order valence-electron chi connectivity index (χ3n) is 2.29. The molecule has 0 atom stereocenters. The summed E-state index contributed by atoms with van der Waals surface area (Å²) in [6.07, 6.45) is 6.76. The van der Waals surface area contributed by atoms with Crippen molar-refractivity contribution in [3.05, 3.63) is 0 Å². The first-order valence-corrected chi connectivity index (χ1v) is 6.86. The minimum Gasteiger partial charge on any atom is -0.379 e. The zero-order chi connectivity index (χ0) is 11.9. The summed E-state index contributed by atoms with van der Waals surface area (Å²) in [5, 5.41) is 0. The van der Waals surface area contributed by atoms with E-state index in [-0.39, 0.29) is 0 Å². The molecule has 0 bridgehead atoms. The van der Waals surface area contributed by atoms with E-state index in [9.17, 15) is 0 Å². The second kappa shape index (κ2) is 15.2. The van der Waals surface area contributed by atoms with Crippen LogP contribution in [0.5, 0.6) is 0 Å². The Balaban J connectivity index is 2.83. The van der Waals surface area contributed by atoms with Crippen molar-refractivity contribution in [3.63, 3.8) is 0 Å². The summed E-state index contributed by atoms with van der Waals surface area (Å²) in [4.78, 5) is 0. The Hall–Kier alpha value is 0.170. The van der Waals surface area contributed by atoms with Gasteiger partial charge < -0.3 is 15.2 Å². The molecule has 0 saturated heterocycles. The second-order valence-electron chi connectivity index (χ2n) is 3.82. The van der Waals surface area contributed by atoms with E-state index in [2.05, 4.69) is 0 Å². The molecule has 98 valence electrons. The molecule has 0 spiro atoms. The maximum Gasteiger partial charge on any atom is 0.0700 e. The van der Waals surface area contributed by atoms with Crippen LogP contribution in [-0.4, -0.2) is 38.9 Å². The van der Waals surface area contributed by atoms with Crippen LogP contribution in [0.25, 0.3) is 0 Å². The van der Waals surface area contributed by atoms with Gasteiger partial charge in [-0.2, -0.15) is 0 Å². The Morgan fingerprint density at radius 3 is 1.81 bits per heavy atom. The molecule has 0 aliphatic rings. The van der Waals surface area contributed by atoms with E-state index < -0.39 is 0 Å². The van der Waals surface area contributed by atoms with E-state index in [1.807, 2.05) is 0 Å². The fraction of sp³-hybridized carbons (Fsp3) is 1.00. The van der Waals surface area contributed by atoms with Crippen molar-refractivity contribution in [1.82, 2.24) is 0 Å². The van der Waals surface area contributed by atoms with E-state index in [1.54, 1.807) is 0 Å². The van der Waals surface area contributed by atoms with Crippen LogP contribution in [0.4, 0.5) is 0 Å². The Kier molecular flexibility index (Phi) is 15.3. The first-order chi connectivity index (χ1) is 7.91. The first-order valence-electron chi connectivity index (χ1n) is 6.33. The summed E-state index contributed by atoms with van der Waals surface area (Å²) in [5.41, 5.74) is 5.37. The van der Waals surface area contributed by atoms with Gasteiger partial charge in [-0.15, -0.1) is 11.6 Å². The quantitative estimate of drug-likeness (QED) is 0.404. The Morgan fingerprint density at radius 1 is 0.688 bits per heavy atom. The molecule has 0 heterocycles. The normalized spacial score (nSPS) is 10.9. The average molecular weight is 252 g/mol. The van der Waals surface area contributed by atoms with Gasteiger partial charge in [-0.25, -0.2) is 0 Å². The molecule has 3 nitrogen and oxygen atoms in total. The van der Waals surface area contributed by atoms with Gasteiger partial charge in [0, 0.05) is 19.1 Å². The monoisotopic (exact) mass is 251 g/mol. The summed E-state index contributed by atoms with van der Waals surface area (Å²) in [5.74, 6) is 0.775. The molecule has 0 rings (SSSR count). The molecule has 0 aromatic carbocycles. The molecule has 0 unspecified atom stereocenters. The highest BCUT2D eigenvalue weighted by molar-refractivity contribution is 6.17. The number of hydrogen-bond acceptors (Lipinski definition) is 3. The van der Waals surface area contributed by atoms with Gasteiger partial charge in [0.15, 0.2) is 0 Å². The van der Waals surface area contributed by atoms with E-state index in [1.165, 1.54) is 12.8 Å². The third-order valence-corrected chi connectivity index (χ3v) is 2.55. The van der Waals surface area contributed by atoms with Gasteiger partial charge >= 0.3 is 0 Å². The van der Waals surface area contributed by atoms with Gasteiger partial charge in [-0.3, -0.25) is 0 Å². The molecule has 0 aliphatic heterocycles. The molecule has 0 aliphatic carbocycles. The van der Waals surface area contributed by atoms with Gasteiger partial charge in [0.05, 0.1) is 13.2 Å². The van der Waals surface area contributed by atoms with Gasteiger partial charge in [0.25, 0.3) is 0 Å². The zero-order valence-electron chi connectivity index (χ0n) is 10.3. The predicted octanol–water partition coefficient (Wildman–Crippen LogP) is 2.56. The fourth-order valence-corrected chi connectivity index (χ4v) is 1.51. The molecule has 0 saturated carbocycles. The molecule has 2 N–H and O–H groups in total. The topological polar surface area (TPSA) is 44.5 Å². The van der Waals surface area contributed by atoms with Crippen LogP contribution in [0, 0.1) is 0 Å². The van der Waals surface area contributed by atoms with Gasteiger partial charge in [-0.05, 0) is 32.2 Å². The molecule has 0 amide bonds. The van der Waals surface area contributed by atoms with Gasteiger partial charge in [0.2, 0.25) is 0 Å². The largest absolute Gasteiger partial charge is 0.379 e. The lowest BCUT2D eigenvalue weighted by atomic mass is 10.2. The number of rotatable bonds is 13. The van der Waals surface area contributed by atoms with Crippen LogP contribution >= 0.6 is 11.6 Å². The Morgan fingerprint density at radius 2 is 1.25 bits per heavy atom. The van der Waals surface area contributed by atoms with Crippen molar-refractivity contribution in [3.8, 4) is 0 Å². The van der Waals surface area contributed by atoms with Crippen molar-refractivity contribution in [2.75, 3.05) is 38.9 Å². The molecule has 16 heavy (non-hydrogen) atoms. The highest BCUT2D eigenvalue weighted by Gasteiger charge is 1.92. The minimum absolute atomic E-state index is 0.701. The van der Waals surface area contributed by atoms with Crippen molar-refractivity contribution in [1.29, 1.82) is 0 Å². The Labute approximate surface area is 105 Å². The Bertz CT molecular complexity index is 112. The molecule has 4 heteroatoms. The third kappa shape index (κ3) is 14.2. The summed E-state index contributed by atoms with van der Waals surface area (Å²) in [7, 11) is 0. The van der Waals surface area contributed by atoms with Crippen LogP contribution in [-0.2, 0) is 9.47 Å². The van der Waals surface area contributed by atoms with Crippen molar-refractivity contribution in [2.45, 2.75) is 38.5 Å². The molecule has 0 aromatic rings. The molecule has 0 radical (unpaired) electrons. The predicted molar refractivity (Wildman–Crippen MR) is 69.1 cm³/mol. The van der Waals surface area contributed by atoms with E-state index in [4.69, 9.17) is 26.8 Å². The molecular weight excluding hydrogens is 226 g/mol. The number of hydrogen-bond donors (Lipinski definition) is 1. The van der Waals surface area contributed by atoms with E-state index in [0.29, 0.717) is 13.2 Å². The smallest absolute Gasteiger partial charge is 0.0700 e. The van der Waals surface area contributed by atoms with Crippen molar-refractivity contribution >= 4 is 11.6 Å². The lowest BCUT2D eigenvalue weighted by molar-refractivity contribution is 0.0452. The summed E-state index contributed by atoms with van der Waals surface area (Å²) >= 11 is 5.58. The van der Waals surface area contributed by atoms with Crippen LogP contribution < -0.4 is 5.73 Å². The highest BCUT2D eigenvalue weighted by atomic mass is 35.5. The van der Waals surface area contributed by atoms with Gasteiger partial charge in [-0.1, -0.05) is 12.8 Å². The van der Waals surface area contributed by atoms with Crippen molar-refractivity contribution < 1.29 is 9.47 Å². The number of alkyl halides is 1. The SMILES string of the molecule is NCCCCOCCOCCCCCCCl. The number of unbranched alkanes of at least 4 members (excludes halogenated alkanes) is 4. The first kappa shape index (κ1) is 16.2. The minimum atomic E-state index is 0.701. The maximum absolute atomic E-state index is 5.58. The number of nitrogens with two attached hydrogens (primary N) is 1. The van der Waals surface area contributed by atoms with Crippen LogP contribution in [0.3, 0.4) is 0 Å². The summed E-state index contributed by atoms with van der Waals surface area (Å²) in [6, 6.07) is 0. The second-order valence-corrected chi connectivity index (χ2v) is 4.20. The van der Waals surface area contributed by atoms with Crippen molar-refractivity contribution in [2.24, 2.45) is 5.73 Å². The van der Waals surface area contributed by atoms with Crippen LogP contribution in [0.15, 0.2) is 0 Å². The van der Waals surface area contributed by atoms with Crippen LogP contribution in [0.1, 0.15) is 38.5 Å². The standard InChI is InChI=1S/C12H26ClNO2/c13-7-3-1-2-5-9-15-11-12-16-10-6-4-8-14/h1-12,14H2. The number of halogens is 1. The number of ether oxygens (including phenoxy) is 2. The zero-order valence-corrected chi connectivity index (χ0v) is 11.0. The van der Waals surface area contributed by atoms with E-state index >= 15 is 0 Å².